The first-order valence-corrected chi connectivity index (χ1v) is 14.5. The summed E-state index contributed by atoms with van der Waals surface area (Å²) in [5, 5.41) is 15.2. The Kier molecular flexibility index (Phi) is 7.89. The van der Waals surface area contributed by atoms with E-state index in [1.54, 1.807) is 42.1 Å². The molecule has 0 aliphatic carbocycles. The highest BCUT2D eigenvalue weighted by molar-refractivity contribution is 7.99. The number of sulfonamides is 1. The fourth-order valence-electron chi connectivity index (χ4n) is 4.00. The molecule has 5 aromatic rings. The molecule has 0 spiro atoms. The molecule has 5 rings (SSSR count). The van der Waals surface area contributed by atoms with Gasteiger partial charge in [-0.1, -0.05) is 36.4 Å². The molecule has 0 fully saturated rings. The fourth-order valence-corrected chi connectivity index (χ4v) is 5.84. The van der Waals surface area contributed by atoms with Crippen molar-refractivity contribution in [3.05, 3.63) is 113 Å². The molecule has 12 heteroatoms. The lowest BCUT2D eigenvalue weighted by Crippen LogP contribution is -2.15. The minimum atomic E-state index is -4.22. The van der Waals surface area contributed by atoms with Gasteiger partial charge in [-0.3, -0.25) is 14.8 Å². The monoisotopic (exact) mass is 575 g/mol. The topological polar surface area (TPSA) is 127 Å². The van der Waals surface area contributed by atoms with Crippen LogP contribution in [0.5, 0.6) is 0 Å². The second kappa shape index (κ2) is 11.7. The van der Waals surface area contributed by atoms with E-state index in [0.717, 1.165) is 22.1 Å². The predicted molar refractivity (Wildman–Crippen MR) is 154 cm³/mol. The van der Waals surface area contributed by atoms with E-state index in [1.165, 1.54) is 30.6 Å². The Morgan fingerprint density at radius 2 is 1.65 bits per heavy atom. The van der Waals surface area contributed by atoms with Gasteiger partial charge in [0, 0.05) is 28.6 Å². The van der Waals surface area contributed by atoms with Gasteiger partial charge >= 0.3 is 0 Å². The molecule has 0 saturated heterocycles. The second-order valence-electron chi connectivity index (χ2n) is 8.59. The number of nitrogens with zero attached hydrogens (tertiary/aromatic N) is 3. The van der Waals surface area contributed by atoms with E-state index in [2.05, 4.69) is 20.0 Å². The number of anilines is 2. The Bertz CT molecular complexity index is 1790. The molecule has 0 aliphatic rings. The molecule has 0 unspecified atom stereocenters. The SMILES string of the molecule is O=[N+]([O-])c1cc(S(=O)(=O)Nc2ncnc3cc(-c4ccc(F)cc4)ccc23)ccc1NCCSc1ccccc1. The van der Waals surface area contributed by atoms with Crippen molar-refractivity contribution in [2.45, 2.75) is 9.79 Å². The maximum Gasteiger partial charge on any atom is 0.293 e. The number of thioether (sulfide) groups is 1. The summed E-state index contributed by atoms with van der Waals surface area (Å²) in [4.78, 5) is 20.3. The standard InChI is InChI=1S/C28H22FN5O4S2/c29-21-9-6-19(7-10-21)20-8-12-24-26(16-20)31-18-32-28(24)33-40(37,38)23-11-13-25(27(17-23)34(35)36)30-14-15-39-22-4-2-1-3-5-22/h1-13,16-18,30H,14-15H2,(H,31,32,33). The van der Waals surface area contributed by atoms with Crippen LogP contribution in [0, 0.1) is 15.9 Å². The number of benzene rings is 4. The molecule has 40 heavy (non-hydrogen) atoms. The summed E-state index contributed by atoms with van der Waals surface area (Å²) in [5.41, 5.74) is 1.86. The Balaban J connectivity index is 1.35. The molecule has 0 amide bonds. The average molecular weight is 576 g/mol. The van der Waals surface area contributed by atoms with Gasteiger partial charge in [-0.15, -0.1) is 11.8 Å². The van der Waals surface area contributed by atoms with Gasteiger partial charge in [0.15, 0.2) is 5.82 Å². The molecule has 0 atom stereocenters. The van der Waals surface area contributed by atoms with E-state index in [4.69, 9.17) is 0 Å². The molecule has 9 nitrogen and oxygen atoms in total. The number of nitro benzene ring substituents is 1. The molecule has 202 valence electrons. The number of nitro groups is 1. The van der Waals surface area contributed by atoms with Gasteiger partial charge in [0.25, 0.3) is 15.7 Å². The van der Waals surface area contributed by atoms with Crippen LogP contribution >= 0.6 is 11.8 Å². The van der Waals surface area contributed by atoms with Crippen LogP contribution in [0.3, 0.4) is 0 Å². The first kappa shape index (κ1) is 27.0. The van der Waals surface area contributed by atoms with Crippen molar-refractivity contribution in [1.82, 2.24) is 9.97 Å². The highest BCUT2D eigenvalue weighted by Gasteiger charge is 2.23. The average Bonchev–Trinajstić information content (AvgIpc) is 2.96. The lowest BCUT2D eigenvalue weighted by molar-refractivity contribution is -0.384. The number of halogens is 1. The highest BCUT2D eigenvalue weighted by Crippen LogP contribution is 2.31. The number of aromatic nitrogens is 2. The minimum absolute atomic E-state index is 0.0263. The fraction of sp³-hybridized carbons (Fsp3) is 0.0714. The molecule has 1 aromatic heterocycles. The van der Waals surface area contributed by atoms with Crippen LogP contribution < -0.4 is 10.0 Å². The van der Waals surface area contributed by atoms with Crippen LogP contribution in [0.1, 0.15) is 0 Å². The minimum Gasteiger partial charge on any atom is -0.379 e. The number of hydrogen-bond acceptors (Lipinski definition) is 8. The molecule has 0 radical (unpaired) electrons. The van der Waals surface area contributed by atoms with Crippen molar-refractivity contribution in [2.75, 3.05) is 22.3 Å². The quantitative estimate of drug-likeness (QED) is 0.0854. The molecule has 1 heterocycles. The van der Waals surface area contributed by atoms with Gasteiger partial charge in [-0.2, -0.15) is 0 Å². The largest absolute Gasteiger partial charge is 0.379 e. The third kappa shape index (κ3) is 6.19. The third-order valence-electron chi connectivity index (χ3n) is 5.95. The maximum absolute atomic E-state index is 13.3. The van der Waals surface area contributed by atoms with Gasteiger partial charge in [-0.05, 0) is 59.7 Å². The normalized spacial score (nSPS) is 11.3. The maximum atomic E-state index is 13.3. The van der Waals surface area contributed by atoms with Gasteiger partial charge in [0.2, 0.25) is 0 Å². The summed E-state index contributed by atoms with van der Waals surface area (Å²) in [6.45, 7) is 0.442. The molecule has 0 saturated carbocycles. The summed E-state index contributed by atoms with van der Waals surface area (Å²) < 4.78 is 42.2. The number of fused-ring (bicyclic) bond motifs is 1. The number of hydrogen-bond donors (Lipinski definition) is 2. The van der Waals surface area contributed by atoms with E-state index < -0.39 is 14.9 Å². The van der Waals surface area contributed by atoms with Crippen LogP contribution in [0.15, 0.2) is 107 Å². The summed E-state index contributed by atoms with van der Waals surface area (Å²) in [6.07, 6.45) is 1.22. The van der Waals surface area contributed by atoms with Crippen molar-refractivity contribution < 1.29 is 17.7 Å². The summed E-state index contributed by atoms with van der Waals surface area (Å²) >= 11 is 1.60. The summed E-state index contributed by atoms with van der Waals surface area (Å²) in [5.74, 6) is 0.333. The Morgan fingerprint density at radius 3 is 2.40 bits per heavy atom. The predicted octanol–water partition coefficient (Wildman–Crippen LogP) is 6.35. The molecular weight excluding hydrogens is 553 g/mol. The van der Waals surface area contributed by atoms with E-state index in [-0.39, 0.29) is 27.9 Å². The summed E-state index contributed by atoms with van der Waals surface area (Å²) in [7, 11) is -4.22. The molecule has 4 aromatic carbocycles. The first-order chi connectivity index (χ1) is 19.3. The van der Waals surface area contributed by atoms with Crippen LogP contribution in [-0.2, 0) is 10.0 Å². The Morgan fingerprint density at radius 1 is 0.900 bits per heavy atom. The van der Waals surface area contributed by atoms with Gasteiger partial charge in [0.05, 0.1) is 15.3 Å². The van der Waals surface area contributed by atoms with Gasteiger partial charge in [-0.25, -0.2) is 22.8 Å². The molecular formula is C28H22FN5O4S2. The van der Waals surface area contributed by atoms with E-state index in [9.17, 15) is 22.9 Å². The zero-order valence-electron chi connectivity index (χ0n) is 20.8. The van der Waals surface area contributed by atoms with Crippen LogP contribution in [0.2, 0.25) is 0 Å². The van der Waals surface area contributed by atoms with Crippen molar-refractivity contribution in [3.63, 3.8) is 0 Å². The Labute approximate surface area is 233 Å². The number of rotatable bonds is 10. The summed E-state index contributed by atoms with van der Waals surface area (Å²) in [6, 6.07) is 24.6. The van der Waals surface area contributed by atoms with Crippen molar-refractivity contribution in [3.8, 4) is 11.1 Å². The highest BCUT2D eigenvalue weighted by atomic mass is 32.2. The van der Waals surface area contributed by atoms with Gasteiger partial charge < -0.3 is 5.32 Å². The van der Waals surface area contributed by atoms with Crippen LogP contribution in [0.25, 0.3) is 22.0 Å². The van der Waals surface area contributed by atoms with E-state index in [1.807, 2.05) is 30.3 Å². The lowest BCUT2D eigenvalue weighted by Gasteiger charge is -2.12. The second-order valence-corrected chi connectivity index (χ2v) is 11.4. The van der Waals surface area contributed by atoms with Crippen molar-refractivity contribution >= 4 is 49.9 Å². The van der Waals surface area contributed by atoms with E-state index in [0.29, 0.717) is 23.2 Å². The molecule has 0 bridgehead atoms. The van der Waals surface area contributed by atoms with E-state index >= 15 is 0 Å². The zero-order chi connectivity index (χ0) is 28.1. The van der Waals surface area contributed by atoms with Crippen molar-refractivity contribution in [1.29, 1.82) is 0 Å². The molecule has 0 aliphatic heterocycles. The third-order valence-corrected chi connectivity index (χ3v) is 8.30. The smallest absolute Gasteiger partial charge is 0.293 e. The zero-order valence-corrected chi connectivity index (χ0v) is 22.5. The Hall–Kier alpha value is -4.55. The number of nitrogens with one attached hydrogen (secondary N) is 2. The first-order valence-electron chi connectivity index (χ1n) is 12.0. The van der Waals surface area contributed by atoms with Gasteiger partial charge in [0.1, 0.15) is 17.8 Å². The molecule has 2 N–H and O–H groups in total. The van der Waals surface area contributed by atoms with Crippen molar-refractivity contribution in [2.24, 2.45) is 0 Å². The lowest BCUT2D eigenvalue weighted by atomic mass is 10.0. The van der Waals surface area contributed by atoms with Crippen LogP contribution in [0.4, 0.5) is 21.6 Å². The van der Waals surface area contributed by atoms with Crippen LogP contribution in [-0.4, -0.2) is 35.6 Å².